The van der Waals surface area contributed by atoms with Crippen molar-refractivity contribution < 1.29 is 4.21 Å². The van der Waals surface area contributed by atoms with Crippen molar-refractivity contribution in [2.24, 2.45) is 0 Å². The van der Waals surface area contributed by atoms with Gasteiger partial charge in [0.1, 0.15) is 0 Å². The van der Waals surface area contributed by atoms with Crippen LogP contribution in [0.4, 0.5) is 0 Å². The molecule has 98 valence electrons. The smallest absolute Gasteiger partial charge is 0.0776 e. The van der Waals surface area contributed by atoms with Crippen LogP contribution < -0.4 is 0 Å². The average Bonchev–Trinajstić information content (AvgIpc) is 2.53. The van der Waals surface area contributed by atoms with Gasteiger partial charge in [0.15, 0.2) is 0 Å². The maximum absolute atomic E-state index is 12.2. The molecule has 0 bridgehead atoms. The zero-order chi connectivity index (χ0) is 13.8. The number of hydrogen-bond donors (Lipinski definition) is 0. The Bertz CT molecular complexity index is 776. The monoisotopic (exact) mass is 279 g/mol. The highest BCUT2D eigenvalue weighted by Gasteiger charge is 2.00. The van der Waals surface area contributed by atoms with Crippen molar-refractivity contribution >= 4 is 27.8 Å². The molecular formula is C17H13NOS. The summed E-state index contributed by atoms with van der Waals surface area (Å²) >= 11 is 0. The summed E-state index contributed by atoms with van der Waals surface area (Å²) in [6.45, 7) is 0. The molecule has 2 aromatic carbocycles. The highest BCUT2D eigenvalue weighted by atomic mass is 32.2. The predicted molar refractivity (Wildman–Crippen MR) is 83.6 cm³/mol. The molecule has 0 amide bonds. The maximum Gasteiger partial charge on any atom is 0.0776 e. The zero-order valence-electron chi connectivity index (χ0n) is 10.8. The van der Waals surface area contributed by atoms with Crippen LogP contribution in [0.25, 0.3) is 17.0 Å². The van der Waals surface area contributed by atoms with Gasteiger partial charge in [-0.3, -0.25) is 4.98 Å². The molecule has 0 saturated carbocycles. The fourth-order valence-corrected chi connectivity index (χ4v) is 2.88. The van der Waals surface area contributed by atoms with E-state index in [0.29, 0.717) is 0 Å². The van der Waals surface area contributed by atoms with Crippen LogP contribution in [-0.4, -0.2) is 9.19 Å². The van der Waals surface area contributed by atoms with Crippen LogP contribution in [0.5, 0.6) is 0 Å². The molecule has 1 heterocycles. The maximum atomic E-state index is 12.2. The molecule has 3 rings (SSSR count). The van der Waals surface area contributed by atoms with E-state index in [1.807, 2.05) is 66.7 Å². The second kappa shape index (κ2) is 5.80. The van der Waals surface area contributed by atoms with Gasteiger partial charge >= 0.3 is 0 Å². The van der Waals surface area contributed by atoms with E-state index in [-0.39, 0.29) is 0 Å². The molecule has 2 nitrogen and oxygen atoms in total. The lowest BCUT2D eigenvalue weighted by molar-refractivity contribution is 0.688. The minimum absolute atomic E-state index is 0.808. The van der Waals surface area contributed by atoms with Crippen molar-refractivity contribution in [3.63, 3.8) is 0 Å². The summed E-state index contributed by atoms with van der Waals surface area (Å²) in [6.07, 6.45) is 3.67. The number of benzene rings is 2. The Hall–Kier alpha value is -2.26. The number of para-hydroxylation sites is 1. The molecule has 3 heteroatoms. The molecule has 3 aromatic rings. The van der Waals surface area contributed by atoms with Gasteiger partial charge in [-0.1, -0.05) is 36.4 Å². The Morgan fingerprint density at radius 3 is 2.50 bits per heavy atom. The summed E-state index contributed by atoms with van der Waals surface area (Å²) in [4.78, 5) is 5.12. The molecule has 0 N–H and O–H groups in total. The number of fused-ring (bicyclic) bond motifs is 1. The van der Waals surface area contributed by atoms with E-state index in [1.54, 1.807) is 11.6 Å². The molecule has 0 aliphatic heterocycles. The Morgan fingerprint density at radius 2 is 1.65 bits per heavy atom. The lowest BCUT2D eigenvalue weighted by Gasteiger charge is -2.01. The highest BCUT2D eigenvalue weighted by Crippen LogP contribution is 2.18. The second-order valence-corrected chi connectivity index (χ2v) is 5.67. The summed E-state index contributed by atoms with van der Waals surface area (Å²) in [6, 6.07) is 19.3. The molecule has 20 heavy (non-hydrogen) atoms. The summed E-state index contributed by atoms with van der Waals surface area (Å²) in [5.74, 6) is 0. The summed E-state index contributed by atoms with van der Waals surface area (Å²) in [5, 5.41) is 2.79. The van der Waals surface area contributed by atoms with Crippen molar-refractivity contribution in [3.05, 3.63) is 77.8 Å². The molecule has 1 atom stereocenters. The van der Waals surface area contributed by atoms with Gasteiger partial charge in [-0.15, -0.1) is 0 Å². The van der Waals surface area contributed by atoms with Crippen molar-refractivity contribution in [3.8, 4) is 0 Å². The third kappa shape index (κ3) is 2.68. The first-order valence-corrected chi connectivity index (χ1v) is 7.53. The van der Waals surface area contributed by atoms with Crippen LogP contribution in [0, 0.1) is 0 Å². The molecule has 0 spiro atoms. The SMILES string of the molecule is O=S(/C=C/c1ccnc2ccccc12)c1ccccc1. The molecule has 1 unspecified atom stereocenters. The number of nitrogens with zero attached hydrogens (tertiary/aromatic N) is 1. The molecular weight excluding hydrogens is 266 g/mol. The highest BCUT2D eigenvalue weighted by molar-refractivity contribution is 7.88. The van der Waals surface area contributed by atoms with Gasteiger partial charge < -0.3 is 0 Å². The molecule has 0 saturated heterocycles. The van der Waals surface area contributed by atoms with Gasteiger partial charge in [0, 0.05) is 21.9 Å². The normalized spacial score (nSPS) is 12.8. The first-order chi connectivity index (χ1) is 9.84. The number of hydrogen-bond acceptors (Lipinski definition) is 2. The van der Waals surface area contributed by atoms with Crippen LogP contribution in [0.3, 0.4) is 0 Å². The van der Waals surface area contributed by atoms with Gasteiger partial charge in [0.05, 0.1) is 16.3 Å². The van der Waals surface area contributed by atoms with Crippen LogP contribution in [-0.2, 0) is 10.8 Å². The van der Waals surface area contributed by atoms with E-state index in [0.717, 1.165) is 21.4 Å². The quantitative estimate of drug-likeness (QED) is 0.725. The molecule has 1 aromatic heterocycles. The van der Waals surface area contributed by atoms with Crippen molar-refractivity contribution in [1.82, 2.24) is 4.98 Å². The molecule has 0 aliphatic carbocycles. The molecule has 0 fully saturated rings. The third-order valence-corrected chi connectivity index (χ3v) is 4.15. The van der Waals surface area contributed by atoms with Crippen LogP contribution in [0.1, 0.15) is 5.56 Å². The Balaban J connectivity index is 1.94. The van der Waals surface area contributed by atoms with Gasteiger partial charge in [-0.2, -0.15) is 0 Å². The number of rotatable bonds is 3. The molecule has 0 radical (unpaired) electrons. The zero-order valence-corrected chi connectivity index (χ0v) is 11.6. The summed E-state index contributed by atoms with van der Waals surface area (Å²) < 4.78 is 12.2. The van der Waals surface area contributed by atoms with E-state index in [2.05, 4.69) is 4.98 Å². The van der Waals surface area contributed by atoms with E-state index < -0.39 is 10.8 Å². The van der Waals surface area contributed by atoms with Gasteiger partial charge in [0.25, 0.3) is 0 Å². The Labute approximate surface area is 120 Å². The fourth-order valence-electron chi connectivity index (χ4n) is 2.03. The van der Waals surface area contributed by atoms with Gasteiger partial charge in [-0.05, 0) is 35.9 Å². The Morgan fingerprint density at radius 1 is 0.900 bits per heavy atom. The van der Waals surface area contributed by atoms with Crippen LogP contribution in [0.2, 0.25) is 0 Å². The number of pyridine rings is 1. The second-order valence-electron chi connectivity index (χ2n) is 4.33. The third-order valence-electron chi connectivity index (χ3n) is 3.03. The summed E-state index contributed by atoms with van der Waals surface area (Å²) in [5.41, 5.74) is 1.97. The predicted octanol–water partition coefficient (Wildman–Crippen LogP) is 4.01. The van der Waals surface area contributed by atoms with Crippen molar-refractivity contribution in [2.45, 2.75) is 4.90 Å². The summed E-state index contributed by atoms with van der Waals surface area (Å²) in [7, 11) is -1.13. The van der Waals surface area contributed by atoms with Crippen molar-refractivity contribution in [2.75, 3.05) is 0 Å². The standard InChI is InChI=1S/C17H13NOS/c19-20(15-6-2-1-3-7-15)13-11-14-10-12-18-17-9-5-4-8-16(14)17/h1-13H/b13-11+. The lowest BCUT2D eigenvalue weighted by Crippen LogP contribution is -1.86. The largest absolute Gasteiger partial charge is 0.256 e. The minimum Gasteiger partial charge on any atom is -0.256 e. The fraction of sp³-hybridized carbons (Fsp3) is 0. The van der Waals surface area contributed by atoms with Gasteiger partial charge in [0.2, 0.25) is 0 Å². The Kier molecular flexibility index (Phi) is 3.70. The average molecular weight is 279 g/mol. The first-order valence-electron chi connectivity index (χ1n) is 6.32. The minimum atomic E-state index is -1.13. The van der Waals surface area contributed by atoms with Crippen LogP contribution >= 0.6 is 0 Å². The van der Waals surface area contributed by atoms with Crippen LogP contribution in [0.15, 0.2) is 77.2 Å². The van der Waals surface area contributed by atoms with Crippen molar-refractivity contribution in [1.29, 1.82) is 0 Å². The van der Waals surface area contributed by atoms with E-state index >= 15 is 0 Å². The van der Waals surface area contributed by atoms with E-state index in [1.165, 1.54) is 0 Å². The molecule has 0 aliphatic rings. The topological polar surface area (TPSA) is 30.0 Å². The van der Waals surface area contributed by atoms with E-state index in [4.69, 9.17) is 0 Å². The number of aromatic nitrogens is 1. The van der Waals surface area contributed by atoms with E-state index in [9.17, 15) is 4.21 Å². The first kappa shape index (κ1) is 12.8. The lowest BCUT2D eigenvalue weighted by atomic mass is 10.1. The van der Waals surface area contributed by atoms with Gasteiger partial charge in [-0.25, -0.2) is 4.21 Å².